The average Bonchev–Trinajstić information content (AvgIpc) is 3.37. The maximum Gasteiger partial charge on any atom is 0.348 e. The number of hydrogen-bond acceptors (Lipinski definition) is 9. The van der Waals surface area contributed by atoms with Crippen LogP contribution in [0, 0.1) is 6.92 Å². The van der Waals surface area contributed by atoms with Crippen LogP contribution in [0.1, 0.15) is 22.2 Å². The van der Waals surface area contributed by atoms with Gasteiger partial charge in [0, 0.05) is 12.4 Å². The lowest BCUT2D eigenvalue weighted by Crippen LogP contribution is -2.03. The topological polar surface area (TPSA) is 95.9 Å². The summed E-state index contributed by atoms with van der Waals surface area (Å²) < 4.78 is 12.4. The molecule has 0 saturated carbocycles. The number of nitrogens with zero attached hydrogens (tertiary/aromatic N) is 5. The molecule has 0 aliphatic rings. The highest BCUT2D eigenvalue weighted by molar-refractivity contribution is 7.99. The second kappa shape index (κ2) is 7.12. The van der Waals surface area contributed by atoms with Crippen molar-refractivity contribution in [1.82, 2.24) is 24.7 Å². The lowest BCUT2D eigenvalue weighted by Gasteiger charge is -2.04. The summed E-state index contributed by atoms with van der Waals surface area (Å²) in [6, 6.07) is 3.63. The first-order valence-electron chi connectivity index (χ1n) is 8.12. The predicted molar refractivity (Wildman–Crippen MR) is 101 cm³/mol. The Balaban J connectivity index is 1.74. The standard InChI is InChI=1S/C17H15N5O3S2/c1-4-24-16(23)12-9(2)11-14(26-12)18-8-19-15(11)27-17-21-20-13(22(17)3)10-6-5-7-25-10/h5-8H,4H2,1-3H3. The zero-order valence-electron chi connectivity index (χ0n) is 14.8. The number of aromatic nitrogens is 5. The molecule has 0 saturated heterocycles. The van der Waals surface area contributed by atoms with Gasteiger partial charge < -0.3 is 13.7 Å². The van der Waals surface area contributed by atoms with Crippen molar-refractivity contribution in [2.75, 3.05) is 6.61 Å². The molecule has 4 aromatic rings. The Morgan fingerprint density at radius 3 is 2.96 bits per heavy atom. The maximum absolute atomic E-state index is 12.2. The van der Waals surface area contributed by atoms with Crippen LogP contribution in [0.4, 0.5) is 0 Å². The van der Waals surface area contributed by atoms with Crippen molar-refractivity contribution >= 4 is 39.3 Å². The van der Waals surface area contributed by atoms with Crippen molar-refractivity contribution in [3.63, 3.8) is 0 Å². The van der Waals surface area contributed by atoms with E-state index in [9.17, 15) is 4.79 Å². The molecule has 0 unspecified atom stereocenters. The van der Waals surface area contributed by atoms with Gasteiger partial charge in [0.1, 0.15) is 21.1 Å². The van der Waals surface area contributed by atoms with Gasteiger partial charge in [0.15, 0.2) is 16.7 Å². The van der Waals surface area contributed by atoms with Crippen LogP contribution in [-0.4, -0.2) is 37.3 Å². The van der Waals surface area contributed by atoms with Crippen LogP contribution in [0.5, 0.6) is 0 Å². The smallest absolute Gasteiger partial charge is 0.348 e. The van der Waals surface area contributed by atoms with Crippen LogP contribution in [0.2, 0.25) is 0 Å². The summed E-state index contributed by atoms with van der Waals surface area (Å²) in [7, 11) is 1.86. The van der Waals surface area contributed by atoms with Crippen molar-refractivity contribution in [3.05, 3.63) is 35.2 Å². The minimum absolute atomic E-state index is 0.328. The highest BCUT2D eigenvalue weighted by Gasteiger charge is 2.22. The molecular weight excluding hydrogens is 386 g/mol. The molecule has 0 bridgehead atoms. The SMILES string of the molecule is CCOC(=O)c1sc2ncnc(Sc3nnc(-c4ccco4)n3C)c2c1C. The Morgan fingerprint density at radius 1 is 1.37 bits per heavy atom. The Hall–Kier alpha value is -2.72. The van der Waals surface area contributed by atoms with Gasteiger partial charge in [-0.25, -0.2) is 14.8 Å². The van der Waals surface area contributed by atoms with Gasteiger partial charge in [-0.05, 0) is 43.3 Å². The third-order valence-electron chi connectivity index (χ3n) is 3.92. The lowest BCUT2D eigenvalue weighted by molar-refractivity contribution is 0.0531. The second-order valence-corrected chi connectivity index (χ2v) is 7.54. The van der Waals surface area contributed by atoms with E-state index in [0.717, 1.165) is 15.8 Å². The largest absolute Gasteiger partial charge is 0.462 e. The van der Waals surface area contributed by atoms with Crippen molar-refractivity contribution in [1.29, 1.82) is 0 Å². The highest BCUT2D eigenvalue weighted by atomic mass is 32.2. The zero-order valence-corrected chi connectivity index (χ0v) is 16.4. The van der Waals surface area contributed by atoms with E-state index in [4.69, 9.17) is 9.15 Å². The number of rotatable bonds is 5. The quantitative estimate of drug-likeness (QED) is 0.369. The van der Waals surface area contributed by atoms with Gasteiger partial charge in [-0.1, -0.05) is 0 Å². The van der Waals surface area contributed by atoms with Gasteiger partial charge in [-0.15, -0.1) is 21.5 Å². The summed E-state index contributed by atoms with van der Waals surface area (Å²) in [5.41, 5.74) is 0.810. The third kappa shape index (κ3) is 3.10. The Morgan fingerprint density at radius 2 is 2.22 bits per heavy atom. The van der Waals surface area contributed by atoms with Gasteiger partial charge in [-0.2, -0.15) is 0 Å². The van der Waals surface area contributed by atoms with Crippen molar-refractivity contribution in [2.24, 2.45) is 7.05 Å². The van der Waals surface area contributed by atoms with Crippen LogP contribution in [0.15, 0.2) is 39.3 Å². The van der Waals surface area contributed by atoms with Crippen LogP contribution in [0.25, 0.3) is 21.8 Å². The van der Waals surface area contributed by atoms with E-state index < -0.39 is 0 Å². The van der Waals surface area contributed by atoms with E-state index >= 15 is 0 Å². The molecule has 10 heteroatoms. The second-order valence-electron chi connectivity index (χ2n) is 5.58. The van der Waals surface area contributed by atoms with Crippen LogP contribution < -0.4 is 0 Å². The van der Waals surface area contributed by atoms with Crippen molar-refractivity contribution < 1.29 is 13.9 Å². The Kier molecular flexibility index (Phi) is 4.66. The number of fused-ring (bicyclic) bond motifs is 1. The molecule has 27 heavy (non-hydrogen) atoms. The van der Waals surface area contributed by atoms with Gasteiger partial charge >= 0.3 is 5.97 Å². The fourth-order valence-electron chi connectivity index (χ4n) is 2.62. The number of esters is 1. The first-order valence-corrected chi connectivity index (χ1v) is 9.75. The number of carbonyl (C=O) groups excluding carboxylic acids is 1. The Labute approximate surface area is 162 Å². The Bertz CT molecular complexity index is 1120. The molecule has 4 aromatic heterocycles. The van der Waals surface area contributed by atoms with E-state index in [2.05, 4.69) is 20.2 Å². The molecule has 0 spiro atoms. The first-order chi connectivity index (χ1) is 13.1. The number of ether oxygens (including phenoxy) is 1. The minimum atomic E-state index is -0.340. The molecule has 0 N–H and O–H groups in total. The maximum atomic E-state index is 12.2. The molecule has 0 atom stereocenters. The van der Waals surface area contributed by atoms with E-state index in [1.807, 2.05) is 24.6 Å². The number of aryl methyl sites for hydroxylation is 1. The van der Waals surface area contributed by atoms with E-state index in [-0.39, 0.29) is 5.97 Å². The number of hydrogen-bond donors (Lipinski definition) is 0. The molecule has 8 nitrogen and oxygen atoms in total. The summed E-state index contributed by atoms with van der Waals surface area (Å²) in [6.07, 6.45) is 3.08. The van der Waals surface area contributed by atoms with Crippen LogP contribution >= 0.6 is 23.1 Å². The van der Waals surface area contributed by atoms with Crippen molar-refractivity contribution in [3.8, 4) is 11.6 Å². The fourth-order valence-corrected chi connectivity index (χ4v) is 4.66. The summed E-state index contributed by atoms with van der Waals surface area (Å²) in [5.74, 6) is 0.927. The van der Waals surface area contributed by atoms with Crippen LogP contribution in [0.3, 0.4) is 0 Å². The minimum Gasteiger partial charge on any atom is -0.462 e. The predicted octanol–water partition coefficient (Wildman–Crippen LogP) is 3.72. The number of thiophene rings is 1. The molecule has 4 rings (SSSR count). The average molecular weight is 401 g/mol. The van der Waals surface area contributed by atoms with Gasteiger partial charge in [0.25, 0.3) is 0 Å². The molecule has 4 heterocycles. The zero-order chi connectivity index (χ0) is 19.0. The van der Waals surface area contributed by atoms with E-state index in [0.29, 0.717) is 33.3 Å². The summed E-state index contributed by atoms with van der Waals surface area (Å²) in [4.78, 5) is 22.2. The summed E-state index contributed by atoms with van der Waals surface area (Å²) >= 11 is 2.67. The third-order valence-corrected chi connectivity index (χ3v) is 6.14. The molecule has 138 valence electrons. The molecule has 0 radical (unpaired) electrons. The monoisotopic (exact) mass is 401 g/mol. The van der Waals surface area contributed by atoms with E-state index in [1.165, 1.54) is 29.4 Å². The van der Waals surface area contributed by atoms with Gasteiger partial charge in [0.2, 0.25) is 0 Å². The highest BCUT2D eigenvalue weighted by Crippen LogP contribution is 2.38. The number of carbonyl (C=O) groups is 1. The molecule has 0 fully saturated rings. The molecule has 0 aromatic carbocycles. The van der Waals surface area contributed by atoms with Crippen LogP contribution in [-0.2, 0) is 11.8 Å². The molecule has 0 aliphatic heterocycles. The fraction of sp³-hybridized carbons (Fsp3) is 0.235. The molecule has 0 aliphatic carbocycles. The first kappa shape index (κ1) is 17.7. The summed E-state index contributed by atoms with van der Waals surface area (Å²) in [5, 5.41) is 10.6. The van der Waals surface area contributed by atoms with Gasteiger partial charge in [0.05, 0.1) is 12.9 Å². The lowest BCUT2D eigenvalue weighted by atomic mass is 10.2. The molecule has 0 amide bonds. The van der Waals surface area contributed by atoms with E-state index in [1.54, 1.807) is 19.3 Å². The molecular formula is C17H15N5O3S2. The van der Waals surface area contributed by atoms with Gasteiger partial charge in [-0.3, -0.25) is 0 Å². The summed E-state index contributed by atoms with van der Waals surface area (Å²) in [6.45, 7) is 3.99. The number of furan rings is 1. The normalized spacial score (nSPS) is 11.2. The van der Waals surface area contributed by atoms with Crippen molar-refractivity contribution in [2.45, 2.75) is 24.0 Å².